The molecule has 5 heteroatoms. The van der Waals surface area contributed by atoms with Gasteiger partial charge in [0, 0.05) is 16.9 Å². The SMILES string of the molecule is CSC(C)C(=O)Nc1cccc(NC(=O)c2ccc(C)cc2)c1. The van der Waals surface area contributed by atoms with Gasteiger partial charge in [0.15, 0.2) is 0 Å². The summed E-state index contributed by atoms with van der Waals surface area (Å²) in [6.45, 7) is 3.83. The predicted molar refractivity (Wildman–Crippen MR) is 97.2 cm³/mol. The molecule has 2 rings (SSSR count). The topological polar surface area (TPSA) is 58.2 Å². The van der Waals surface area contributed by atoms with E-state index in [4.69, 9.17) is 0 Å². The Morgan fingerprint density at radius 1 is 1.00 bits per heavy atom. The third kappa shape index (κ3) is 4.86. The van der Waals surface area contributed by atoms with Crippen LogP contribution in [0.3, 0.4) is 0 Å². The summed E-state index contributed by atoms with van der Waals surface area (Å²) in [5.74, 6) is -0.231. The molecule has 120 valence electrons. The van der Waals surface area contributed by atoms with Crippen molar-refractivity contribution < 1.29 is 9.59 Å². The van der Waals surface area contributed by atoms with Crippen LogP contribution in [-0.4, -0.2) is 23.3 Å². The van der Waals surface area contributed by atoms with Crippen LogP contribution in [0.1, 0.15) is 22.8 Å². The molecule has 2 aromatic rings. The zero-order chi connectivity index (χ0) is 16.8. The molecule has 0 aromatic heterocycles. The van der Waals surface area contributed by atoms with Crippen molar-refractivity contribution in [3.63, 3.8) is 0 Å². The Hall–Kier alpha value is -2.27. The Labute approximate surface area is 140 Å². The first kappa shape index (κ1) is 17.1. The third-order valence-corrected chi connectivity index (χ3v) is 4.35. The van der Waals surface area contributed by atoms with Crippen LogP contribution in [0.4, 0.5) is 11.4 Å². The van der Waals surface area contributed by atoms with Crippen LogP contribution in [0.5, 0.6) is 0 Å². The number of carbonyl (C=O) groups excluding carboxylic acids is 2. The summed E-state index contributed by atoms with van der Waals surface area (Å²) in [7, 11) is 0. The van der Waals surface area contributed by atoms with Gasteiger partial charge in [0.1, 0.15) is 0 Å². The van der Waals surface area contributed by atoms with E-state index in [-0.39, 0.29) is 17.1 Å². The molecule has 0 spiro atoms. The summed E-state index contributed by atoms with van der Waals surface area (Å²) < 4.78 is 0. The van der Waals surface area contributed by atoms with E-state index in [1.54, 1.807) is 36.4 Å². The molecule has 4 nitrogen and oxygen atoms in total. The van der Waals surface area contributed by atoms with Gasteiger partial charge < -0.3 is 10.6 Å². The smallest absolute Gasteiger partial charge is 0.255 e. The summed E-state index contributed by atoms with van der Waals surface area (Å²) in [4.78, 5) is 24.1. The standard InChI is InChI=1S/C18H20N2O2S/c1-12-7-9-14(10-8-12)18(22)20-16-6-4-5-15(11-16)19-17(21)13(2)23-3/h4-11,13H,1-3H3,(H,19,21)(H,20,22). The van der Waals surface area contributed by atoms with E-state index in [0.717, 1.165) is 5.56 Å². The lowest BCUT2D eigenvalue weighted by atomic mass is 10.1. The van der Waals surface area contributed by atoms with Crippen molar-refractivity contribution in [1.82, 2.24) is 0 Å². The molecule has 0 bridgehead atoms. The summed E-state index contributed by atoms with van der Waals surface area (Å²) in [5, 5.41) is 5.56. The second kappa shape index (κ2) is 7.83. The highest BCUT2D eigenvalue weighted by Gasteiger charge is 2.12. The molecule has 0 aliphatic rings. The Morgan fingerprint density at radius 2 is 1.61 bits per heavy atom. The van der Waals surface area contributed by atoms with Gasteiger partial charge >= 0.3 is 0 Å². The van der Waals surface area contributed by atoms with Gasteiger partial charge in [0.05, 0.1) is 5.25 Å². The largest absolute Gasteiger partial charge is 0.325 e. The number of rotatable bonds is 5. The molecular weight excluding hydrogens is 308 g/mol. The van der Waals surface area contributed by atoms with E-state index in [9.17, 15) is 9.59 Å². The van der Waals surface area contributed by atoms with E-state index in [1.165, 1.54) is 11.8 Å². The Morgan fingerprint density at radius 3 is 2.22 bits per heavy atom. The van der Waals surface area contributed by atoms with Crippen molar-refractivity contribution in [2.45, 2.75) is 19.1 Å². The van der Waals surface area contributed by atoms with Gasteiger partial charge in [-0.1, -0.05) is 23.8 Å². The van der Waals surface area contributed by atoms with Crippen LogP contribution in [0.25, 0.3) is 0 Å². The Kier molecular flexibility index (Phi) is 5.82. The summed E-state index contributed by atoms with van der Waals surface area (Å²) in [6.07, 6.45) is 1.89. The molecule has 0 heterocycles. The quantitative estimate of drug-likeness (QED) is 0.874. The molecular formula is C18H20N2O2S. The van der Waals surface area contributed by atoms with Crippen molar-refractivity contribution in [2.75, 3.05) is 16.9 Å². The summed E-state index contributed by atoms with van der Waals surface area (Å²) in [5.41, 5.74) is 3.01. The van der Waals surface area contributed by atoms with Gasteiger partial charge in [-0.2, -0.15) is 11.8 Å². The molecule has 0 saturated heterocycles. The number of anilines is 2. The third-order valence-electron chi connectivity index (χ3n) is 3.42. The summed E-state index contributed by atoms with van der Waals surface area (Å²) >= 11 is 1.48. The van der Waals surface area contributed by atoms with Gasteiger partial charge in [-0.3, -0.25) is 9.59 Å². The molecule has 2 aromatic carbocycles. The Bertz CT molecular complexity index is 698. The van der Waals surface area contributed by atoms with Crippen molar-refractivity contribution >= 4 is 35.0 Å². The fraction of sp³-hybridized carbons (Fsp3) is 0.222. The average molecular weight is 328 g/mol. The minimum Gasteiger partial charge on any atom is -0.325 e. The first-order valence-corrected chi connectivity index (χ1v) is 8.60. The van der Waals surface area contributed by atoms with E-state index in [0.29, 0.717) is 16.9 Å². The molecule has 2 N–H and O–H groups in total. The number of hydrogen-bond donors (Lipinski definition) is 2. The average Bonchev–Trinajstić information content (AvgIpc) is 2.54. The highest BCUT2D eigenvalue weighted by Crippen LogP contribution is 2.18. The van der Waals surface area contributed by atoms with E-state index >= 15 is 0 Å². The molecule has 23 heavy (non-hydrogen) atoms. The van der Waals surface area contributed by atoms with E-state index in [2.05, 4.69) is 10.6 Å². The number of nitrogens with one attached hydrogen (secondary N) is 2. The first-order valence-electron chi connectivity index (χ1n) is 7.31. The lowest BCUT2D eigenvalue weighted by molar-refractivity contribution is -0.115. The molecule has 0 aliphatic carbocycles. The number of amides is 2. The van der Waals surface area contributed by atoms with Crippen molar-refractivity contribution in [2.24, 2.45) is 0 Å². The van der Waals surface area contributed by atoms with Gasteiger partial charge in [0.25, 0.3) is 5.91 Å². The maximum Gasteiger partial charge on any atom is 0.255 e. The lowest BCUT2D eigenvalue weighted by Gasteiger charge is -2.11. The molecule has 0 fully saturated rings. The number of aryl methyl sites for hydroxylation is 1. The highest BCUT2D eigenvalue weighted by atomic mass is 32.2. The lowest BCUT2D eigenvalue weighted by Crippen LogP contribution is -2.22. The number of thioether (sulfide) groups is 1. The van der Waals surface area contributed by atoms with Crippen LogP contribution < -0.4 is 10.6 Å². The fourth-order valence-electron chi connectivity index (χ4n) is 1.93. The monoisotopic (exact) mass is 328 g/mol. The maximum absolute atomic E-state index is 12.2. The zero-order valence-electron chi connectivity index (χ0n) is 13.4. The Balaban J connectivity index is 2.06. The van der Waals surface area contributed by atoms with Gasteiger partial charge in [0.2, 0.25) is 5.91 Å². The van der Waals surface area contributed by atoms with Gasteiger partial charge in [-0.15, -0.1) is 0 Å². The molecule has 0 aliphatic heterocycles. The minimum atomic E-state index is -0.175. The molecule has 1 unspecified atom stereocenters. The van der Waals surface area contributed by atoms with Crippen LogP contribution in [-0.2, 0) is 4.79 Å². The van der Waals surface area contributed by atoms with Crippen molar-refractivity contribution in [3.8, 4) is 0 Å². The van der Waals surface area contributed by atoms with Crippen LogP contribution in [0.2, 0.25) is 0 Å². The van der Waals surface area contributed by atoms with E-state index < -0.39 is 0 Å². The number of carbonyl (C=O) groups is 2. The van der Waals surface area contributed by atoms with E-state index in [1.807, 2.05) is 32.2 Å². The maximum atomic E-state index is 12.2. The highest BCUT2D eigenvalue weighted by molar-refractivity contribution is 7.99. The van der Waals surface area contributed by atoms with Crippen molar-refractivity contribution in [1.29, 1.82) is 0 Å². The van der Waals surface area contributed by atoms with Crippen LogP contribution in [0, 0.1) is 6.92 Å². The van der Waals surface area contributed by atoms with Crippen LogP contribution in [0.15, 0.2) is 48.5 Å². The second-order valence-electron chi connectivity index (χ2n) is 5.27. The molecule has 0 radical (unpaired) electrons. The zero-order valence-corrected chi connectivity index (χ0v) is 14.2. The fourth-order valence-corrected chi connectivity index (χ4v) is 2.21. The molecule has 1 atom stereocenters. The normalized spacial score (nSPS) is 11.6. The molecule has 2 amide bonds. The van der Waals surface area contributed by atoms with Crippen LogP contribution >= 0.6 is 11.8 Å². The molecule has 0 saturated carbocycles. The summed E-state index contributed by atoms with van der Waals surface area (Å²) in [6, 6.07) is 14.5. The second-order valence-corrected chi connectivity index (χ2v) is 6.45. The van der Waals surface area contributed by atoms with Gasteiger partial charge in [-0.05, 0) is 50.4 Å². The predicted octanol–water partition coefficient (Wildman–Crippen LogP) is 3.94. The first-order chi connectivity index (χ1) is 11.0. The minimum absolute atomic E-state index is 0.0560. The number of benzene rings is 2. The number of hydrogen-bond acceptors (Lipinski definition) is 3. The van der Waals surface area contributed by atoms with Crippen molar-refractivity contribution in [3.05, 3.63) is 59.7 Å². The van der Waals surface area contributed by atoms with Gasteiger partial charge in [-0.25, -0.2) is 0 Å².